The van der Waals surface area contributed by atoms with E-state index in [1.165, 1.54) is 23.1 Å². The summed E-state index contributed by atoms with van der Waals surface area (Å²) in [5.74, 6) is 0.114. The van der Waals surface area contributed by atoms with Gasteiger partial charge in [-0.25, -0.2) is 9.18 Å². The van der Waals surface area contributed by atoms with Gasteiger partial charge in [-0.2, -0.15) is 18.3 Å². The average Bonchev–Trinajstić information content (AvgIpc) is 3.23. The Morgan fingerprint density at radius 3 is 2.43 bits per heavy atom. The predicted molar refractivity (Wildman–Crippen MR) is 133 cm³/mol. The SMILES string of the molecule is Cc1cccc(F)c1N1CCC(N2Cc3cn(C)nc3N([C@H](C)c3ccccc3C(F)(F)F)C2=O)CC1. The minimum Gasteiger partial charge on any atom is -0.369 e. The van der Waals surface area contributed by atoms with Gasteiger partial charge in [-0.15, -0.1) is 0 Å². The topological polar surface area (TPSA) is 44.6 Å². The van der Waals surface area contributed by atoms with E-state index in [0.717, 1.165) is 17.2 Å². The number of rotatable bonds is 4. The minimum atomic E-state index is -4.55. The fourth-order valence-corrected chi connectivity index (χ4v) is 5.64. The second-order valence-electron chi connectivity index (χ2n) is 9.82. The number of para-hydroxylation sites is 1. The molecule has 0 saturated carbocycles. The van der Waals surface area contributed by atoms with Gasteiger partial charge in [-0.1, -0.05) is 30.3 Å². The molecule has 1 atom stereocenters. The van der Waals surface area contributed by atoms with Crippen molar-refractivity contribution in [2.45, 2.75) is 51.5 Å². The molecule has 1 aromatic heterocycles. The lowest BCUT2D eigenvalue weighted by Gasteiger charge is -2.44. The lowest BCUT2D eigenvalue weighted by molar-refractivity contribution is -0.138. The van der Waals surface area contributed by atoms with E-state index in [-0.39, 0.29) is 23.5 Å². The van der Waals surface area contributed by atoms with Gasteiger partial charge in [0.1, 0.15) is 5.82 Å². The number of hydrogen-bond donors (Lipinski definition) is 0. The first-order chi connectivity index (χ1) is 17.6. The standard InChI is InChI=1S/C27H29F4N5O/c1-17-7-6-10-23(28)24(17)34-13-11-20(12-14-34)35-16-19-15-33(3)32-25(19)36(26(35)37)18(2)21-8-4-5-9-22(21)27(29,30)31/h4-10,15,18,20H,11-14,16H2,1-3H3/t18-/m1/s1. The number of fused-ring (bicyclic) bond motifs is 1. The lowest BCUT2D eigenvalue weighted by Crippen LogP contribution is -2.55. The van der Waals surface area contributed by atoms with Crippen LogP contribution in [0.4, 0.5) is 33.9 Å². The maximum atomic E-state index is 14.5. The van der Waals surface area contributed by atoms with Crippen molar-refractivity contribution >= 4 is 17.5 Å². The third kappa shape index (κ3) is 4.53. The number of aromatic nitrogens is 2. The number of carbonyl (C=O) groups is 1. The monoisotopic (exact) mass is 515 g/mol. The maximum Gasteiger partial charge on any atom is 0.416 e. The van der Waals surface area contributed by atoms with Crippen molar-refractivity contribution in [3.05, 3.63) is 76.7 Å². The number of urea groups is 1. The van der Waals surface area contributed by atoms with Gasteiger partial charge in [0.15, 0.2) is 5.82 Å². The Morgan fingerprint density at radius 2 is 1.76 bits per heavy atom. The molecule has 0 spiro atoms. The van der Waals surface area contributed by atoms with E-state index in [0.29, 0.717) is 44.0 Å². The summed E-state index contributed by atoms with van der Waals surface area (Å²) in [4.78, 5) is 19.0. The lowest BCUT2D eigenvalue weighted by atomic mass is 9.97. The van der Waals surface area contributed by atoms with Crippen LogP contribution < -0.4 is 9.80 Å². The Kier molecular flexibility index (Phi) is 6.37. The fourth-order valence-electron chi connectivity index (χ4n) is 5.64. The Balaban J connectivity index is 1.43. The molecule has 2 aliphatic heterocycles. The quantitative estimate of drug-likeness (QED) is 0.397. The second kappa shape index (κ2) is 9.39. The van der Waals surface area contributed by atoms with Crippen molar-refractivity contribution in [3.63, 3.8) is 0 Å². The number of piperidine rings is 1. The molecule has 3 heterocycles. The molecule has 0 unspecified atom stereocenters. The summed E-state index contributed by atoms with van der Waals surface area (Å²) in [7, 11) is 1.73. The van der Waals surface area contributed by atoms with E-state index in [1.54, 1.807) is 35.7 Å². The number of aryl methyl sites for hydroxylation is 2. The first-order valence-electron chi connectivity index (χ1n) is 12.3. The Labute approximate surface area is 213 Å². The largest absolute Gasteiger partial charge is 0.416 e. The van der Waals surface area contributed by atoms with E-state index in [1.807, 2.05) is 24.1 Å². The number of halogens is 4. The molecule has 2 aromatic carbocycles. The highest BCUT2D eigenvalue weighted by atomic mass is 19.4. The van der Waals surface area contributed by atoms with Gasteiger partial charge in [0.25, 0.3) is 0 Å². The van der Waals surface area contributed by atoms with Gasteiger partial charge in [-0.3, -0.25) is 9.58 Å². The van der Waals surface area contributed by atoms with E-state index < -0.39 is 17.8 Å². The first kappa shape index (κ1) is 25.1. The van der Waals surface area contributed by atoms with Crippen molar-refractivity contribution < 1.29 is 22.4 Å². The van der Waals surface area contributed by atoms with Crippen LogP contribution in [0.25, 0.3) is 0 Å². The van der Waals surface area contributed by atoms with Crippen molar-refractivity contribution in [1.82, 2.24) is 14.7 Å². The van der Waals surface area contributed by atoms with Crippen LogP contribution in [-0.2, 0) is 19.8 Å². The highest BCUT2D eigenvalue weighted by Gasteiger charge is 2.42. The molecule has 0 N–H and O–H groups in total. The van der Waals surface area contributed by atoms with Crippen LogP contribution in [0.1, 0.15) is 48.1 Å². The van der Waals surface area contributed by atoms with Crippen molar-refractivity contribution in [1.29, 1.82) is 0 Å². The third-order valence-electron chi connectivity index (χ3n) is 7.42. The summed E-state index contributed by atoms with van der Waals surface area (Å²) < 4.78 is 57.5. The molecule has 10 heteroatoms. The molecule has 1 saturated heterocycles. The predicted octanol–water partition coefficient (Wildman–Crippen LogP) is 6.06. The van der Waals surface area contributed by atoms with Crippen LogP contribution in [0.3, 0.4) is 0 Å². The molecular weight excluding hydrogens is 486 g/mol. The molecule has 0 aliphatic carbocycles. The zero-order valence-corrected chi connectivity index (χ0v) is 21.0. The van der Waals surface area contributed by atoms with Crippen LogP contribution >= 0.6 is 0 Å². The van der Waals surface area contributed by atoms with Gasteiger partial charge in [-0.05, 0) is 49.9 Å². The number of alkyl halides is 3. The van der Waals surface area contributed by atoms with E-state index >= 15 is 0 Å². The highest BCUT2D eigenvalue weighted by molar-refractivity contribution is 5.94. The number of hydrogen-bond acceptors (Lipinski definition) is 3. The van der Waals surface area contributed by atoms with E-state index in [2.05, 4.69) is 5.10 Å². The number of benzene rings is 2. The van der Waals surface area contributed by atoms with Crippen LogP contribution in [0, 0.1) is 12.7 Å². The Hall–Kier alpha value is -3.56. The molecule has 5 rings (SSSR count). The molecule has 1 fully saturated rings. The second-order valence-corrected chi connectivity index (χ2v) is 9.82. The summed E-state index contributed by atoms with van der Waals surface area (Å²) in [6.07, 6.45) is -1.50. The van der Waals surface area contributed by atoms with E-state index in [4.69, 9.17) is 0 Å². The van der Waals surface area contributed by atoms with Gasteiger partial charge in [0, 0.05) is 37.9 Å². The average molecular weight is 516 g/mol. The van der Waals surface area contributed by atoms with Gasteiger partial charge >= 0.3 is 12.2 Å². The van der Waals surface area contributed by atoms with Crippen molar-refractivity contribution in [3.8, 4) is 0 Å². The van der Waals surface area contributed by atoms with Crippen molar-refractivity contribution in [2.75, 3.05) is 22.9 Å². The summed E-state index contributed by atoms with van der Waals surface area (Å²) in [5.41, 5.74) is 1.48. The summed E-state index contributed by atoms with van der Waals surface area (Å²) in [6, 6.07) is 8.98. The summed E-state index contributed by atoms with van der Waals surface area (Å²) >= 11 is 0. The smallest absolute Gasteiger partial charge is 0.369 e. The van der Waals surface area contributed by atoms with Gasteiger partial charge in [0.2, 0.25) is 0 Å². The molecule has 2 amide bonds. The van der Waals surface area contributed by atoms with Crippen LogP contribution in [0.2, 0.25) is 0 Å². The zero-order chi connectivity index (χ0) is 26.5. The number of nitrogens with zero attached hydrogens (tertiary/aromatic N) is 5. The molecule has 3 aromatic rings. The van der Waals surface area contributed by atoms with Crippen molar-refractivity contribution in [2.24, 2.45) is 7.05 Å². The molecule has 0 radical (unpaired) electrons. The third-order valence-corrected chi connectivity index (χ3v) is 7.42. The van der Waals surface area contributed by atoms with Crippen LogP contribution in [0.5, 0.6) is 0 Å². The summed E-state index contributed by atoms with van der Waals surface area (Å²) in [6.45, 7) is 4.95. The van der Waals surface area contributed by atoms with Gasteiger partial charge < -0.3 is 9.80 Å². The Bertz CT molecular complexity index is 1290. The maximum absolute atomic E-state index is 14.5. The number of amides is 2. The normalized spacial score (nSPS) is 17.8. The van der Waals surface area contributed by atoms with Crippen LogP contribution in [-0.4, -0.2) is 39.8 Å². The van der Waals surface area contributed by atoms with E-state index in [9.17, 15) is 22.4 Å². The molecular formula is C27H29F4N5O. The number of anilines is 2. The van der Waals surface area contributed by atoms with Crippen LogP contribution in [0.15, 0.2) is 48.7 Å². The molecule has 37 heavy (non-hydrogen) atoms. The van der Waals surface area contributed by atoms with Gasteiger partial charge in [0.05, 0.1) is 23.8 Å². The Morgan fingerprint density at radius 1 is 1.05 bits per heavy atom. The summed E-state index contributed by atoms with van der Waals surface area (Å²) in [5, 5.41) is 4.44. The first-order valence-corrected chi connectivity index (χ1v) is 12.3. The molecule has 196 valence electrons. The fraction of sp³-hybridized carbons (Fsp3) is 0.407. The highest BCUT2D eigenvalue weighted by Crippen LogP contribution is 2.41. The molecule has 2 aliphatic rings. The molecule has 6 nitrogen and oxygen atoms in total. The number of carbonyl (C=O) groups excluding carboxylic acids is 1. The minimum absolute atomic E-state index is 0.0200. The zero-order valence-electron chi connectivity index (χ0n) is 21.0. The molecule has 0 bridgehead atoms.